The van der Waals surface area contributed by atoms with Crippen LogP contribution in [0.2, 0.25) is 0 Å². The number of benzene rings is 1. The van der Waals surface area contributed by atoms with E-state index in [2.05, 4.69) is 10.2 Å². The fraction of sp³-hybridized carbons (Fsp3) is 0. The molecule has 0 radical (unpaired) electrons. The van der Waals surface area contributed by atoms with E-state index in [4.69, 9.17) is 5.14 Å². The smallest absolute Gasteiger partial charge is 0.278 e. The summed E-state index contributed by atoms with van der Waals surface area (Å²) in [6.07, 6.45) is 1.22. The highest BCUT2D eigenvalue weighted by atomic mass is 32.2. The molecule has 11 heteroatoms. The van der Waals surface area contributed by atoms with Gasteiger partial charge in [-0.3, -0.25) is 9.82 Å². The Morgan fingerprint density at radius 2 is 1.90 bits per heavy atom. The van der Waals surface area contributed by atoms with E-state index < -0.39 is 30.8 Å². The van der Waals surface area contributed by atoms with E-state index in [1.807, 2.05) is 4.72 Å². The van der Waals surface area contributed by atoms with Crippen molar-refractivity contribution in [2.75, 3.05) is 4.72 Å². The summed E-state index contributed by atoms with van der Waals surface area (Å²) in [7, 11) is -8.17. The second-order valence-electron chi connectivity index (χ2n) is 3.75. The lowest BCUT2D eigenvalue weighted by Gasteiger charge is -2.08. The van der Waals surface area contributed by atoms with E-state index >= 15 is 0 Å². The molecule has 1 aromatic carbocycles. The average Bonchev–Trinajstić information content (AvgIpc) is 2.79. The average molecular weight is 320 g/mol. The highest BCUT2D eigenvalue weighted by Gasteiger charge is 2.18. The predicted molar refractivity (Wildman–Crippen MR) is 67.2 cm³/mol. The number of halogens is 1. The van der Waals surface area contributed by atoms with Gasteiger partial charge in [-0.1, -0.05) is 0 Å². The molecule has 108 valence electrons. The molecule has 0 aliphatic carbocycles. The molecule has 0 saturated heterocycles. The first-order valence-electron chi connectivity index (χ1n) is 5.04. The second-order valence-corrected chi connectivity index (χ2v) is 6.96. The molecule has 0 aliphatic rings. The van der Waals surface area contributed by atoms with Gasteiger partial charge in [0.15, 0.2) is 5.03 Å². The van der Waals surface area contributed by atoms with Crippen LogP contribution in [0.15, 0.2) is 40.4 Å². The van der Waals surface area contributed by atoms with Crippen LogP contribution < -0.4 is 9.86 Å². The number of sulfonamides is 2. The monoisotopic (exact) mass is 320 g/mol. The SMILES string of the molecule is NS(=O)(=O)c1cc(F)cc(NS(=O)(=O)c2ccn[nH]2)c1. The maximum Gasteiger partial charge on any atom is 0.278 e. The third-order valence-electron chi connectivity index (χ3n) is 2.22. The fourth-order valence-corrected chi connectivity index (χ4v) is 2.91. The molecule has 20 heavy (non-hydrogen) atoms. The Morgan fingerprint density at radius 3 is 2.45 bits per heavy atom. The van der Waals surface area contributed by atoms with Gasteiger partial charge in [-0.2, -0.15) is 13.5 Å². The van der Waals surface area contributed by atoms with Crippen molar-refractivity contribution in [1.82, 2.24) is 10.2 Å². The van der Waals surface area contributed by atoms with E-state index in [1.165, 1.54) is 12.3 Å². The first-order chi connectivity index (χ1) is 9.18. The predicted octanol–water partition coefficient (Wildman–Crippen LogP) is -0.00300. The van der Waals surface area contributed by atoms with Crippen LogP contribution >= 0.6 is 0 Å². The van der Waals surface area contributed by atoms with Crippen molar-refractivity contribution >= 4 is 25.7 Å². The van der Waals surface area contributed by atoms with Crippen molar-refractivity contribution in [2.24, 2.45) is 5.14 Å². The minimum Gasteiger partial charge on any atom is -0.278 e. The van der Waals surface area contributed by atoms with Crippen molar-refractivity contribution in [1.29, 1.82) is 0 Å². The molecule has 4 N–H and O–H groups in total. The Hall–Kier alpha value is -1.98. The van der Waals surface area contributed by atoms with Gasteiger partial charge < -0.3 is 0 Å². The number of primary sulfonamides is 1. The number of rotatable bonds is 4. The van der Waals surface area contributed by atoms with Gasteiger partial charge in [-0.15, -0.1) is 0 Å². The van der Waals surface area contributed by atoms with Crippen LogP contribution in [0.4, 0.5) is 10.1 Å². The molecule has 0 fully saturated rings. The lowest BCUT2D eigenvalue weighted by atomic mass is 10.3. The molecule has 0 bridgehead atoms. The Kier molecular flexibility index (Phi) is 3.50. The van der Waals surface area contributed by atoms with Crippen molar-refractivity contribution in [3.8, 4) is 0 Å². The van der Waals surface area contributed by atoms with Crippen LogP contribution in [0, 0.1) is 5.82 Å². The minimum absolute atomic E-state index is 0.251. The number of nitrogens with two attached hydrogens (primary N) is 1. The fourth-order valence-electron chi connectivity index (χ4n) is 1.39. The quantitative estimate of drug-likeness (QED) is 0.728. The Bertz CT molecular complexity index is 831. The van der Waals surface area contributed by atoms with Gasteiger partial charge >= 0.3 is 0 Å². The van der Waals surface area contributed by atoms with Gasteiger partial charge in [0.05, 0.1) is 16.8 Å². The standard InChI is InChI=1S/C9H9FN4O4S2/c10-6-3-7(5-8(4-6)19(11,15)16)14-20(17,18)9-1-2-12-13-9/h1-5,14H,(H,12,13)(H2,11,15,16). The van der Waals surface area contributed by atoms with Crippen LogP contribution in [0.5, 0.6) is 0 Å². The molecule has 0 saturated carbocycles. The van der Waals surface area contributed by atoms with Crippen LogP contribution in [0.25, 0.3) is 0 Å². The van der Waals surface area contributed by atoms with Crippen molar-refractivity contribution in [2.45, 2.75) is 9.92 Å². The number of anilines is 1. The molecule has 2 rings (SSSR count). The zero-order valence-corrected chi connectivity index (χ0v) is 11.4. The van der Waals surface area contributed by atoms with Crippen molar-refractivity contribution in [3.63, 3.8) is 0 Å². The van der Waals surface area contributed by atoms with E-state index in [0.29, 0.717) is 6.07 Å². The van der Waals surface area contributed by atoms with Crippen molar-refractivity contribution < 1.29 is 21.2 Å². The molecular weight excluding hydrogens is 311 g/mol. The molecule has 8 nitrogen and oxygen atoms in total. The van der Waals surface area contributed by atoms with E-state index in [0.717, 1.165) is 12.1 Å². The highest BCUT2D eigenvalue weighted by Crippen LogP contribution is 2.20. The maximum atomic E-state index is 13.3. The molecule has 0 spiro atoms. The number of nitrogens with one attached hydrogen (secondary N) is 2. The third-order valence-corrected chi connectivity index (χ3v) is 4.42. The number of hydrogen-bond donors (Lipinski definition) is 3. The van der Waals surface area contributed by atoms with E-state index in [9.17, 15) is 21.2 Å². The maximum absolute atomic E-state index is 13.3. The molecule has 0 unspecified atom stereocenters. The Morgan fingerprint density at radius 1 is 1.20 bits per heavy atom. The molecular formula is C9H9FN4O4S2. The van der Waals surface area contributed by atoms with Gasteiger partial charge in [-0.25, -0.2) is 17.9 Å². The Labute approximate surface area is 113 Å². The summed E-state index contributed by atoms with van der Waals surface area (Å²) >= 11 is 0. The third kappa shape index (κ3) is 3.12. The van der Waals surface area contributed by atoms with E-state index in [-0.39, 0.29) is 10.7 Å². The first kappa shape index (κ1) is 14.4. The number of aromatic nitrogens is 2. The molecule has 0 amide bonds. The van der Waals surface area contributed by atoms with Gasteiger partial charge in [0.25, 0.3) is 10.0 Å². The summed E-state index contributed by atoms with van der Waals surface area (Å²) in [6, 6.07) is 3.60. The lowest BCUT2D eigenvalue weighted by molar-refractivity contribution is 0.591. The summed E-state index contributed by atoms with van der Waals surface area (Å²) in [5.41, 5.74) is -0.274. The number of H-pyrrole nitrogens is 1. The molecule has 0 atom stereocenters. The zero-order valence-electron chi connectivity index (χ0n) is 9.74. The van der Waals surface area contributed by atoms with Crippen molar-refractivity contribution in [3.05, 3.63) is 36.3 Å². The Balaban J connectivity index is 2.43. The summed E-state index contributed by atoms with van der Waals surface area (Å²) in [5, 5.41) is 10.3. The first-order valence-corrected chi connectivity index (χ1v) is 8.07. The summed E-state index contributed by atoms with van der Waals surface area (Å²) in [5.74, 6) is -0.946. The lowest BCUT2D eigenvalue weighted by Crippen LogP contribution is -2.16. The van der Waals surface area contributed by atoms with E-state index in [1.54, 1.807) is 0 Å². The van der Waals surface area contributed by atoms with Gasteiger partial charge in [0.1, 0.15) is 5.82 Å². The normalized spacial score (nSPS) is 12.3. The second kappa shape index (κ2) is 4.85. The largest absolute Gasteiger partial charge is 0.278 e. The number of nitrogens with zero attached hydrogens (tertiary/aromatic N) is 1. The zero-order chi connectivity index (χ0) is 15.0. The van der Waals surface area contributed by atoms with Crippen LogP contribution in [0.3, 0.4) is 0 Å². The summed E-state index contributed by atoms with van der Waals surface area (Å²) in [4.78, 5) is -0.542. The summed E-state index contributed by atoms with van der Waals surface area (Å²) in [6.45, 7) is 0. The number of hydrogen-bond acceptors (Lipinski definition) is 5. The molecule has 0 aliphatic heterocycles. The molecule has 1 aromatic heterocycles. The topological polar surface area (TPSA) is 135 Å². The van der Waals surface area contributed by atoms with Gasteiger partial charge in [0.2, 0.25) is 10.0 Å². The van der Waals surface area contributed by atoms with Crippen LogP contribution in [0.1, 0.15) is 0 Å². The van der Waals surface area contributed by atoms with Gasteiger partial charge in [0, 0.05) is 0 Å². The molecule has 1 heterocycles. The molecule has 2 aromatic rings. The minimum atomic E-state index is -4.15. The number of aromatic amines is 1. The van der Waals surface area contributed by atoms with Gasteiger partial charge in [-0.05, 0) is 24.3 Å². The summed E-state index contributed by atoms with van der Waals surface area (Å²) < 4.78 is 61.3. The van der Waals surface area contributed by atoms with Crippen LogP contribution in [-0.2, 0) is 20.0 Å². The highest BCUT2D eigenvalue weighted by molar-refractivity contribution is 7.92. The van der Waals surface area contributed by atoms with Crippen LogP contribution in [-0.4, -0.2) is 27.0 Å².